The zero-order valence-electron chi connectivity index (χ0n) is 21.1. The van der Waals surface area contributed by atoms with Gasteiger partial charge in [0.25, 0.3) is 0 Å². The van der Waals surface area contributed by atoms with Crippen LogP contribution in [0, 0.1) is 11.8 Å². The highest BCUT2D eigenvalue weighted by Crippen LogP contribution is 2.56. The molecule has 0 unspecified atom stereocenters. The van der Waals surface area contributed by atoms with Crippen LogP contribution in [0.3, 0.4) is 0 Å². The molecule has 1 saturated heterocycles. The monoisotopic (exact) mass is 499 g/mol. The molecular weight excluding hydrogens is 466 g/mol. The Morgan fingerprint density at radius 2 is 1.61 bits per heavy atom. The number of methoxy groups -OCH3 is 3. The van der Waals surface area contributed by atoms with E-state index in [1.165, 1.54) is 0 Å². The average Bonchev–Trinajstić information content (AvgIpc) is 3.52. The number of ether oxygens (including phenoxy) is 6. The molecule has 0 aromatic heterocycles. The fourth-order valence-electron chi connectivity index (χ4n) is 5.54. The summed E-state index contributed by atoms with van der Waals surface area (Å²) < 4.78 is 33.8. The van der Waals surface area contributed by atoms with Crippen molar-refractivity contribution in [2.24, 2.45) is 11.8 Å². The van der Waals surface area contributed by atoms with E-state index in [9.17, 15) is 4.79 Å². The first-order chi connectivity index (χ1) is 17.6. The molecule has 2 aromatic rings. The molecule has 1 fully saturated rings. The van der Waals surface area contributed by atoms with E-state index >= 15 is 0 Å². The maximum Gasteiger partial charge on any atom is 0.310 e. The number of benzene rings is 2. The van der Waals surface area contributed by atoms with Gasteiger partial charge >= 0.3 is 5.97 Å². The number of cyclic esters (lactones) is 1. The minimum Gasteiger partial charge on any atom is -0.493 e. The topological polar surface area (TPSA) is 93.7 Å². The van der Waals surface area contributed by atoms with Gasteiger partial charge in [-0.1, -0.05) is 19.8 Å². The molecule has 4 atom stereocenters. The van der Waals surface area contributed by atoms with E-state index in [4.69, 9.17) is 33.3 Å². The predicted molar refractivity (Wildman–Crippen MR) is 130 cm³/mol. The summed E-state index contributed by atoms with van der Waals surface area (Å²) in [5.41, 5.74) is 5.86. The van der Waals surface area contributed by atoms with Crippen molar-refractivity contribution in [1.82, 2.24) is 5.48 Å². The Labute approximate surface area is 210 Å². The third kappa shape index (κ3) is 4.20. The van der Waals surface area contributed by atoms with Crippen molar-refractivity contribution in [2.45, 2.75) is 38.2 Å². The molecule has 0 saturated carbocycles. The molecule has 0 bridgehead atoms. The van der Waals surface area contributed by atoms with E-state index in [1.54, 1.807) is 21.3 Å². The molecule has 9 nitrogen and oxygen atoms in total. The second-order valence-electron chi connectivity index (χ2n) is 9.23. The summed E-state index contributed by atoms with van der Waals surface area (Å²) in [7, 11) is 4.72. The molecule has 3 aliphatic rings. The van der Waals surface area contributed by atoms with Gasteiger partial charge in [0.15, 0.2) is 23.0 Å². The molecule has 36 heavy (non-hydrogen) atoms. The first kappa shape index (κ1) is 24.5. The molecule has 0 radical (unpaired) electrons. The van der Waals surface area contributed by atoms with Gasteiger partial charge in [0, 0.05) is 18.4 Å². The molecule has 5 rings (SSSR count). The Balaban J connectivity index is 1.62. The van der Waals surface area contributed by atoms with Crippen LogP contribution in [-0.4, -0.2) is 47.2 Å². The minimum atomic E-state index is -0.455. The summed E-state index contributed by atoms with van der Waals surface area (Å²) in [5, 5.41) is 0. The van der Waals surface area contributed by atoms with Gasteiger partial charge in [-0.2, -0.15) is 0 Å². The standard InChI is InChI=1S/C27H33NO8/c1-5-6-7-8-28-36-25-17-12-20-19(34-14-35-20)11-16(17)23(24-18(25)13-33-27(24)29)15-9-21(30-2)26(32-4)22(10-15)31-3/h9-12,18,23-25,28H,5-8,13-14H2,1-4H3/t18-,23+,24-,25-/m0/s1. The predicted octanol–water partition coefficient (Wildman–Crippen LogP) is 4.13. The van der Waals surface area contributed by atoms with Crippen molar-refractivity contribution in [1.29, 1.82) is 0 Å². The summed E-state index contributed by atoms with van der Waals surface area (Å²) >= 11 is 0. The van der Waals surface area contributed by atoms with Gasteiger partial charge in [-0.25, -0.2) is 5.48 Å². The molecule has 2 aromatic carbocycles. The summed E-state index contributed by atoms with van der Waals surface area (Å²) in [6.45, 7) is 3.32. The second-order valence-corrected chi connectivity index (χ2v) is 9.23. The lowest BCUT2D eigenvalue weighted by atomic mass is 9.66. The Hall–Kier alpha value is -3.17. The van der Waals surface area contributed by atoms with Crippen LogP contribution in [0.15, 0.2) is 24.3 Å². The van der Waals surface area contributed by atoms with Gasteiger partial charge in [-0.15, -0.1) is 0 Å². The molecule has 0 spiro atoms. The highest BCUT2D eigenvalue weighted by atomic mass is 16.7. The van der Waals surface area contributed by atoms with Crippen molar-refractivity contribution in [3.63, 3.8) is 0 Å². The molecule has 9 heteroatoms. The number of esters is 1. The molecule has 1 N–H and O–H groups in total. The smallest absolute Gasteiger partial charge is 0.310 e. The molecule has 2 aliphatic heterocycles. The molecule has 2 heterocycles. The normalized spacial score (nSPS) is 23.6. The zero-order chi connectivity index (χ0) is 25.2. The Morgan fingerprint density at radius 3 is 2.25 bits per heavy atom. The first-order valence-corrected chi connectivity index (χ1v) is 12.4. The summed E-state index contributed by atoms with van der Waals surface area (Å²) in [4.78, 5) is 19.4. The number of nitrogens with one attached hydrogen (secondary N) is 1. The largest absolute Gasteiger partial charge is 0.493 e. The Bertz CT molecular complexity index is 1090. The van der Waals surface area contributed by atoms with Gasteiger partial charge < -0.3 is 28.4 Å². The van der Waals surface area contributed by atoms with E-state index in [0.29, 0.717) is 28.7 Å². The Kier molecular flexibility index (Phi) is 7.11. The van der Waals surface area contributed by atoms with E-state index < -0.39 is 5.92 Å². The van der Waals surface area contributed by atoms with Crippen molar-refractivity contribution in [2.75, 3.05) is 41.3 Å². The van der Waals surface area contributed by atoms with E-state index in [-0.39, 0.29) is 37.3 Å². The lowest BCUT2D eigenvalue weighted by Crippen LogP contribution is -2.38. The number of hydrogen-bond acceptors (Lipinski definition) is 9. The summed E-state index contributed by atoms with van der Waals surface area (Å²) in [6, 6.07) is 7.72. The maximum atomic E-state index is 13.2. The molecule has 0 amide bonds. The minimum absolute atomic E-state index is 0.156. The van der Waals surface area contributed by atoms with Crippen molar-refractivity contribution in [3.8, 4) is 28.7 Å². The first-order valence-electron chi connectivity index (χ1n) is 12.4. The molecular formula is C27H33NO8. The number of carbonyl (C=O) groups is 1. The SMILES string of the molecule is CCCCCNO[C@H]1c2cc3c(cc2[C@@H](c2cc(OC)c(OC)c(OC)c2)[C@H]2C(=O)OC[C@@H]21)OCO3. The number of hydroxylamine groups is 1. The Morgan fingerprint density at radius 1 is 0.917 bits per heavy atom. The van der Waals surface area contributed by atoms with Gasteiger partial charge in [-0.05, 0) is 47.4 Å². The van der Waals surface area contributed by atoms with Gasteiger partial charge in [0.2, 0.25) is 12.5 Å². The third-order valence-corrected chi connectivity index (χ3v) is 7.26. The summed E-state index contributed by atoms with van der Waals surface area (Å²) in [5.74, 6) is 1.63. The highest BCUT2D eigenvalue weighted by molar-refractivity contribution is 5.79. The fraction of sp³-hybridized carbons (Fsp3) is 0.519. The van der Waals surface area contributed by atoms with Gasteiger partial charge in [0.05, 0.1) is 33.9 Å². The van der Waals surface area contributed by atoms with Crippen LogP contribution in [0.4, 0.5) is 0 Å². The quantitative estimate of drug-likeness (QED) is 0.294. The van der Waals surface area contributed by atoms with Crippen LogP contribution in [0.2, 0.25) is 0 Å². The third-order valence-electron chi connectivity index (χ3n) is 7.26. The zero-order valence-corrected chi connectivity index (χ0v) is 21.1. The van der Waals surface area contributed by atoms with E-state index in [2.05, 4.69) is 12.4 Å². The van der Waals surface area contributed by atoms with Crippen LogP contribution < -0.4 is 29.2 Å². The number of rotatable bonds is 10. The van der Waals surface area contributed by atoms with Crippen molar-refractivity contribution in [3.05, 3.63) is 41.0 Å². The van der Waals surface area contributed by atoms with E-state index in [0.717, 1.165) is 42.5 Å². The van der Waals surface area contributed by atoms with Crippen LogP contribution >= 0.6 is 0 Å². The molecule has 194 valence electrons. The van der Waals surface area contributed by atoms with Crippen molar-refractivity contribution >= 4 is 5.97 Å². The number of unbranched alkanes of at least 4 members (excludes halogenated alkanes) is 2. The van der Waals surface area contributed by atoms with Gasteiger partial charge in [0.1, 0.15) is 6.10 Å². The average molecular weight is 500 g/mol. The van der Waals surface area contributed by atoms with E-state index in [1.807, 2.05) is 24.3 Å². The van der Waals surface area contributed by atoms with Crippen LogP contribution in [0.25, 0.3) is 0 Å². The lowest BCUT2D eigenvalue weighted by Gasteiger charge is -2.38. The highest BCUT2D eigenvalue weighted by Gasteiger charge is 2.53. The fourth-order valence-corrected chi connectivity index (χ4v) is 5.54. The van der Waals surface area contributed by atoms with Crippen LogP contribution in [-0.2, 0) is 14.4 Å². The van der Waals surface area contributed by atoms with Crippen LogP contribution in [0.1, 0.15) is 54.9 Å². The number of carbonyl (C=O) groups excluding carboxylic acids is 1. The van der Waals surface area contributed by atoms with Crippen molar-refractivity contribution < 1.29 is 38.1 Å². The maximum absolute atomic E-state index is 13.2. The number of hydrogen-bond donors (Lipinski definition) is 1. The number of fused-ring (bicyclic) bond motifs is 3. The summed E-state index contributed by atoms with van der Waals surface area (Å²) in [6.07, 6.45) is 2.87. The van der Waals surface area contributed by atoms with Crippen LogP contribution in [0.5, 0.6) is 28.7 Å². The van der Waals surface area contributed by atoms with Gasteiger partial charge in [-0.3, -0.25) is 9.63 Å². The molecule has 1 aliphatic carbocycles. The second kappa shape index (κ2) is 10.4. The lowest BCUT2D eigenvalue weighted by molar-refractivity contribution is -0.142.